The maximum Gasteiger partial charge on any atom is 0.325 e. The average molecular weight is 407 g/mol. The Morgan fingerprint density at radius 2 is 1.87 bits per heavy atom. The normalized spacial score (nSPS) is 11.0. The van der Waals surface area contributed by atoms with E-state index in [4.69, 9.17) is 9.47 Å². The lowest BCUT2D eigenvalue weighted by Crippen LogP contribution is -2.19. The zero-order valence-electron chi connectivity index (χ0n) is 17.3. The Labute approximate surface area is 175 Å². The number of methoxy groups -OCH3 is 1. The summed E-state index contributed by atoms with van der Waals surface area (Å²) in [6.07, 6.45) is 1.83. The number of ether oxygens (including phenoxy) is 2. The number of nitrogens with one attached hydrogen (secondary N) is 1. The van der Waals surface area contributed by atoms with Crippen LogP contribution in [-0.2, 0) is 27.3 Å². The summed E-state index contributed by atoms with van der Waals surface area (Å²) in [6, 6.07) is 15.1. The Bertz CT molecular complexity index is 1070. The van der Waals surface area contributed by atoms with E-state index >= 15 is 0 Å². The quantitative estimate of drug-likeness (QED) is 0.353. The maximum absolute atomic E-state index is 12.2. The fourth-order valence-electron chi connectivity index (χ4n) is 3.28. The van der Waals surface area contributed by atoms with Gasteiger partial charge >= 0.3 is 5.97 Å². The zero-order chi connectivity index (χ0) is 21.5. The number of aromatic nitrogens is 1. The van der Waals surface area contributed by atoms with Gasteiger partial charge in [0.05, 0.1) is 26.4 Å². The summed E-state index contributed by atoms with van der Waals surface area (Å²) in [5.74, 6) is 0.232. The van der Waals surface area contributed by atoms with Crippen molar-refractivity contribution in [3.63, 3.8) is 0 Å². The molecular formula is C23H25N3O4. The first-order valence-corrected chi connectivity index (χ1v) is 9.71. The number of benzene rings is 2. The van der Waals surface area contributed by atoms with Crippen LogP contribution >= 0.6 is 0 Å². The van der Waals surface area contributed by atoms with Crippen LogP contribution in [0.4, 0.5) is 0 Å². The number of carbonyl (C=O) groups is 2. The van der Waals surface area contributed by atoms with Crippen LogP contribution in [0.1, 0.15) is 23.7 Å². The Balaban J connectivity index is 1.72. The number of nitrogens with zero attached hydrogens (tertiary/aromatic N) is 2. The Morgan fingerprint density at radius 3 is 2.57 bits per heavy atom. The molecule has 1 aromatic heterocycles. The molecule has 3 aromatic rings. The molecular weight excluding hydrogens is 382 g/mol. The van der Waals surface area contributed by atoms with Gasteiger partial charge in [-0.3, -0.25) is 9.59 Å². The topological polar surface area (TPSA) is 81.9 Å². The first-order valence-electron chi connectivity index (χ1n) is 9.71. The predicted octanol–water partition coefficient (Wildman–Crippen LogP) is 3.21. The minimum absolute atomic E-state index is 0.112. The molecule has 156 valence electrons. The molecule has 1 amide bonds. The number of carbonyl (C=O) groups excluding carboxylic acids is 2. The predicted molar refractivity (Wildman–Crippen MR) is 116 cm³/mol. The minimum Gasteiger partial charge on any atom is -0.494 e. The molecule has 0 aliphatic rings. The summed E-state index contributed by atoms with van der Waals surface area (Å²) >= 11 is 0. The largest absolute Gasteiger partial charge is 0.494 e. The van der Waals surface area contributed by atoms with E-state index in [0.29, 0.717) is 6.61 Å². The van der Waals surface area contributed by atoms with Crippen molar-refractivity contribution in [2.75, 3.05) is 13.7 Å². The zero-order valence-corrected chi connectivity index (χ0v) is 17.3. The third kappa shape index (κ3) is 4.86. The van der Waals surface area contributed by atoms with E-state index in [1.165, 1.54) is 7.11 Å². The van der Waals surface area contributed by atoms with Crippen LogP contribution in [0.3, 0.4) is 0 Å². The molecule has 0 unspecified atom stereocenters. The highest BCUT2D eigenvalue weighted by atomic mass is 16.5. The first kappa shape index (κ1) is 21.1. The molecule has 0 saturated carbocycles. The number of hydrogen-bond donors (Lipinski definition) is 1. The van der Waals surface area contributed by atoms with Gasteiger partial charge in [0.25, 0.3) is 0 Å². The van der Waals surface area contributed by atoms with Crippen LogP contribution in [0.5, 0.6) is 5.75 Å². The van der Waals surface area contributed by atoms with E-state index in [0.717, 1.165) is 33.5 Å². The molecule has 0 spiro atoms. The van der Waals surface area contributed by atoms with Gasteiger partial charge < -0.3 is 14.0 Å². The number of hydrazone groups is 1. The van der Waals surface area contributed by atoms with Crippen molar-refractivity contribution in [2.45, 2.75) is 26.8 Å². The van der Waals surface area contributed by atoms with Crippen molar-refractivity contribution < 1.29 is 19.1 Å². The summed E-state index contributed by atoms with van der Waals surface area (Å²) < 4.78 is 12.1. The highest BCUT2D eigenvalue weighted by Crippen LogP contribution is 2.24. The molecule has 1 heterocycles. The summed E-state index contributed by atoms with van der Waals surface area (Å²) in [4.78, 5) is 24.0. The molecule has 0 fully saturated rings. The van der Waals surface area contributed by atoms with Crippen molar-refractivity contribution in [3.8, 4) is 5.75 Å². The van der Waals surface area contributed by atoms with Crippen LogP contribution in [-0.4, -0.2) is 36.4 Å². The fourth-order valence-corrected chi connectivity index (χ4v) is 3.28. The van der Waals surface area contributed by atoms with Gasteiger partial charge in [-0.1, -0.05) is 30.3 Å². The molecule has 0 aliphatic carbocycles. The van der Waals surface area contributed by atoms with Gasteiger partial charge in [0.15, 0.2) is 0 Å². The lowest BCUT2D eigenvalue weighted by atomic mass is 10.1. The van der Waals surface area contributed by atoms with Crippen LogP contribution in [0.2, 0.25) is 0 Å². The van der Waals surface area contributed by atoms with Gasteiger partial charge in [-0.25, -0.2) is 5.43 Å². The fraction of sp³-hybridized carbons (Fsp3) is 0.261. The highest BCUT2D eigenvalue weighted by Gasteiger charge is 2.15. The van der Waals surface area contributed by atoms with Crippen LogP contribution in [0.25, 0.3) is 10.9 Å². The van der Waals surface area contributed by atoms with E-state index in [9.17, 15) is 9.59 Å². The molecule has 1 N–H and O–H groups in total. The second kappa shape index (κ2) is 9.73. The van der Waals surface area contributed by atoms with Crippen molar-refractivity contribution in [1.29, 1.82) is 0 Å². The number of rotatable bonds is 8. The molecule has 30 heavy (non-hydrogen) atoms. The smallest absolute Gasteiger partial charge is 0.325 e. The lowest BCUT2D eigenvalue weighted by Gasteiger charge is -2.06. The van der Waals surface area contributed by atoms with Crippen molar-refractivity contribution in [2.24, 2.45) is 5.10 Å². The van der Waals surface area contributed by atoms with Crippen molar-refractivity contribution >= 4 is 29.0 Å². The Hall–Kier alpha value is -3.61. The molecule has 0 bridgehead atoms. The number of hydrogen-bond acceptors (Lipinski definition) is 5. The van der Waals surface area contributed by atoms with Gasteiger partial charge in [0, 0.05) is 22.2 Å². The Morgan fingerprint density at radius 1 is 1.13 bits per heavy atom. The van der Waals surface area contributed by atoms with E-state index in [1.807, 2.05) is 66.9 Å². The van der Waals surface area contributed by atoms with Crippen molar-refractivity contribution in [1.82, 2.24) is 9.99 Å². The summed E-state index contributed by atoms with van der Waals surface area (Å²) in [7, 11) is 1.37. The SMILES string of the molecule is CCOc1ccc(CC(=O)N/N=C\c2c(C)n(CC(=O)OC)c3ccccc23)cc1. The minimum atomic E-state index is -0.328. The van der Waals surface area contributed by atoms with E-state index in [-0.39, 0.29) is 24.8 Å². The molecule has 0 aliphatic heterocycles. The molecule has 0 radical (unpaired) electrons. The second-order valence-electron chi connectivity index (χ2n) is 6.73. The monoisotopic (exact) mass is 407 g/mol. The van der Waals surface area contributed by atoms with Crippen LogP contribution < -0.4 is 10.2 Å². The molecule has 0 saturated heterocycles. The van der Waals surface area contributed by atoms with E-state index in [1.54, 1.807) is 6.21 Å². The third-order valence-corrected chi connectivity index (χ3v) is 4.78. The second-order valence-corrected chi connectivity index (χ2v) is 6.73. The molecule has 2 aromatic carbocycles. The highest BCUT2D eigenvalue weighted by molar-refractivity contribution is 6.01. The first-order chi connectivity index (χ1) is 14.5. The number of fused-ring (bicyclic) bond motifs is 1. The van der Waals surface area contributed by atoms with Gasteiger partial charge in [-0.05, 0) is 37.6 Å². The third-order valence-electron chi connectivity index (χ3n) is 4.78. The van der Waals surface area contributed by atoms with Gasteiger partial charge in [-0.15, -0.1) is 0 Å². The van der Waals surface area contributed by atoms with Gasteiger partial charge in [-0.2, -0.15) is 5.10 Å². The van der Waals surface area contributed by atoms with Gasteiger partial charge in [0.2, 0.25) is 5.91 Å². The molecule has 3 rings (SSSR count). The maximum atomic E-state index is 12.2. The van der Waals surface area contributed by atoms with Crippen molar-refractivity contribution in [3.05, 3.63) is 65.4 Å². The average Bonchev–Trinajstić information content (AvgIpc) is 3.01. The van der Waals surface area contributed by atoms with Gasteiger partial charge in [0.1, 0.15) is 12.3 Å². The lowest BCUT2D eigenvalue weighted by molar-refractivity contribution is -0.141. The summed E-state index contributed by atoms with van der Waals surface area (Å²) in [6.45, 7) is 4.55. The standard InChI is InChI=1S/C23H25N3O4/c1-4-30-18-11-9-17(10-12-18)13-22(27)25-24-14-20-16(2)26(15-23(28)29-3)21-8-6-5-7-19(20)21/h5-12,14H,4,13,15H2,1-3H3,(H,25,27)/b24-14-. The number of esters is 1. The summed E-state index contributed by atoms with van der Waals surface area (Å²) in [5.41, 5.74) is 6.06. The number of para-hydroxylation sites is 1. The van der Waals surface area contributed by atoms with Crippen LogP contribution in [0, 0.1) is 6.92 Å². The molecule has 7 nitrogen and oxygen atoms in total. The van der Waals surface area contributed by atoms with E-state index < -0.39 is 0 Å². The molecule has 0 atom stereocenters. The number of amides is 1. The molecule has 7 heteroatoms. The van der Waals surface area contributed by atoms with E-state index in [2.05, 4.69) is 10.5 Å². The van der Waals surface area contributed by atoms with Crippen LogP contribution in [0.15, 0.2) is 53.6 Å². The summed E-state index contributed by atoms with van der Waals surface area (Å²) in [5, 5.41) is 5.08. The Kier molecular flexibility index (Phi) is 6.85.